The van der Waals surface area contributed by atoms with E-state index in [1.165, 1.54) is 0 Å². The molecular formula is C12H15BrN2OS. The number of aryl methyl sites for hydroxylation is 1. The van der Waals surface area contributed by atoms with Gasteiger partial charge in [0.2, 0.25) is 5.78 Å². The fraction of sp³-hybridized carbons (Fsp3) is 0.333. The van der Waals surface area contributed by atoms with Gasteiger partial charge in [-0.2, -0.15) is 0 Å². The van der Waals surface area contributed by atoms with E-state index in [2.05, 4.69) is 17.5 Å². The summed E-state index contributed by atoms with van der Waals surface area (Å²) in [6.45, 7) is 0. The topological polar surface area (TPSA) is 34.9 Å². The Morgan fingerprint density at radius 3 is 2.59 bits per heavy atom. The summed E-state index contributed by atoms with van der Waals surface area (Å²) in [7, 11) is 2.02. The summed E-state index contributed by atoms with van der Waals surface area (Å²) in [5.74, 6) is 1.28. The van der Waals surface area contributed by atoms with Crippen molar-refractivity contribution in [2.75, 3.05) is 18.3 Å². The molecule has 0 spiro atoms. The molecule has 5 heteroatoms. The van der Waals surface area contributed by atoms with E-state index < -0.39 is 0 Å². The van der Waals surface area contributed by atoms with E-state index in [0.29, 0.717) is 11.6 Å². The van der Waals surface area contributed by atoms with E-state index in [9.17, 15) is 4.79 Å². The zero-order valence-electron chi connectivity index (χ0n) is 10.1. The maximum Gasteiger partial charge on any atom is 0.247 e. The number of fused-ring (bicyclic) bond motifs is 1. The van der Waals surface area contributed by atoms with E-state index in [0.717, 1.165) is 11.0 Å². The Bertz CT molecular complexity index is 536. The largest absolute Gasteiger partial charge is 1.00 e. The van der Waals surface area contributed by atoms with Gasteiger partial charge in [0.15, 0.2) is 11.6 Å². The van der Waals surface area contributed by atoms with E-state index in [-0.39, 0.29) is 33.7 Å². The first-order valence-corrected chi connectivity index (χ1v) is 7.29. The van der Waals surface area contributed by atoms with Crippen molar-refractivity contribution in [2.45, 2.75) is 0 Å². The van der Waals surface area contributed by atoms with Gasteiger partial charge in [0.1, 0.15) is 0 Å². The van der Waals surface area contributed by atoms with Crippen molar-refractivity contribution in [3.63, 3.8) is 0 Å². The molecule has 1 aromatic heterocycles. The van der Waals surface area contributed by atoms with Crippen molar-refractivity contribution in [1.82, 2.24) is 9.55 Å². The fourth-order valence-electron chi connectivity index (χ4n) is 1.72. The van der Waals surface area contributed by atoms with Crippen LogP contribution in [0.25, 0.3) is 11.0 Å². The first-order valence-electron chi connectivity index (χ1n) is 5.08. The molecule has 2 aromatic rings. The number of rotatable bonds is 3. The average Bonchev–Trinajstić information content (AvgIpc) is 2.56. The number of aromatic nitrogens is 2. The lowest BCUT2D eigenvalue weighted by Gasteiger charge is -1.99. The van der Waals surface area contributed by atoms with Gasteiger partial charge in [-0.05, 0) is 23.0 Å². The molecule has 0 amide bonds. The van der Waals surface area contributed by atoms with Crippen LogP contribution in [0.5, 0.6) is 0 Å². The molecule has 0 atom stereocenters. The molecular weight excluding hydrogens is 300 g/mol. The van der Waals surface area contributed by atoms with Crippen LogP contribution in [0, 0.1) is 0 Å². The number of imidazole rings is 1. The summed E-state index contributed by atoms with van der Waals surface area (Å²) in [5, 5.41) is 0. The first-order chi connectivity index (χ1) is 7.59. The Labute approximate surface area is 114 Å². The van der Waals surface area contributed by atoms with Gasteiger partial charge in [-0.15, -0.1) is 0 Å². The van der Waals surface area contributed by atoms with Crippen LogP contribution in [-0.2, 0) is 17.9 Å². The second-order valence-corrected chi connectivity index (χ2v) is 6.30. The molecule has 0 aliphatic rings. The highest BCUT2D eigenvalue weighted by Crippen LogP contribution is 2.14. The van der Waals surface area contributed by atoms with Crippen LogP contribution in [0.1, 0.15) is 10.6 Å². The minimum Gasteiger partial charge on any atom is -1.00 e. The number of benzene rings is 1. The van der Waals surface area contributed by atoms with Crippen LogP contribution in [0.4, 0.5) is 0 Å². The Hall–Kier alpha value is -0.810. The number of carbonyl (C=O) groups is 1. The number of ketones is 1. The fourth-order valence-corrected chi connectivity index (χ4v) is 2.38. The molecule has 1 aromatic carbocycles. The minimum absolute atomic E-state index is 0. The normalized spacial score (nSPS) is 10.6. The predicted octanol–water partition coefficient (Wildman–Crippen LogP) is -1.36. The van der Waals surface area contributed by atoms with Gasteiger partial charge in [0.25, 0.3) is 0 Å². The molecule has 0 bridgehead atoms. The number of nitrogens with zero attached hydrogens (tertiary/aromatic N) is 2. The molecule has 92 valence electrons. The summed E-state index contributed by atoms with van der Waals surface area (Å²) in [6, 6.07) is 7.82. The molecule has 0 unspecified atom stereocenters. The van der Waals surface area contributed by atoms with E-state index >= 15 is 0 Å². The average molecular weight is 315 g/mol. The smallest absolute Gasteiger partial charge is 0.247 e. The number of hydrogen-bond acceptors (Lipinski definition) is 2. The molecule has 0 aliphatic heterocycles. The van der Waals surface area contributed by atoms with Gasteiger partial charge in [-0.3, -0.25) is 4.79 Å². The molecule has 0 saturated heterocycles. The van der Waals surface area contributed by atoms with Crippen molar-refractivity contribution in [1.29, 1.82) is 0 Å². The van der Waals surface area contributed by atoms with E-state index in [4.69, 9.17) is 0 Å². The third kappa shape index (κ3) is 2.90. The van der Waals surface area contributed by atoms with Crippen LogP contribution in [0.3, 0.4) is 0 Å². The second kappa shape index (κ2) is 5.69. The monoisotopic (exact) mass is 314 g/mol. The van der Waals surface area contributed by atoms with Crippen molar-refractivity contribution in [3.8, 4) is 0 Å². The van der Waals surface area contributed by atoms with Gasteiger partial charge in [0, 0.05) is 7.05 Å². The molecule has 1 heterocycles. The number of halogens is 1. The van der Waals surface area contributed by atoms with E-state index in [1.54, 1.807) is 0 Å². The van der Waals surface area contributed by atoms with Crippen LogP contribution < -0.4 is 17.0 Å². The van der Waals surface area contributed by atoms with Crippen molar-refractivity contribution in [3.05, 3.63) is 30.1 Å². The molecule has 0 aliphatic carbocycles. The number of Topliss-reactive ketones (excluding diaryl/α,β-unsaturated/α-hetero) is 1. The Kier molecular flexibility index (Phi) is 4.77. The summed E-state index contributed by atoms with van der Waals surface area (Å²) >= 11 is 0. The molecule has 0 fully saturated rings. The van der Waals surface area contributed by atoms with Crippen LogP contribution in [0.15, 0.2) is 24.3 Å². The maximum atomic E-state index is 12.0. The SMILES string of the molecule is Cn1c(C(=O)C[S+](C)C)nc2ccccc21.[Br-]. The highest BCUT2D eigenvalue weighted by molar-refractivity contribution is 7.96. The van der Waals surface area contributed by atoms with Gasteiger partial charge < -0.3 is 21.5 Å². The molecule has 2 rings (SSSR count). The second-order valence-electron chi connectivity index (χ2n) is 4.04. The minimum atomic E-state index is 0. The van der Waals surface area contributed by atoms with Gasteiger partial charge in [0.05, 0.1) is 23.5 Å². The van der Waals surface area contributed by atoms with Gasteiger partial charge in [-0.25, -0.2) is 4.98 Å². The maximum absolute atomic E-state index is 12.0. The third-order valence-electron chi connectivity index (χ3n) is 2.46. The van der Waals surface area contributed by atoms with Crippen molar-refractivity contribution < 1.29 is 21.8 Å². The summed E-state index contributed by atoms with van der Waals surface area (Å²) in [6.07, 6.45) is 4.14. The lowest BCUT2D eigenvalue weighted by Crippen LogP contribution is -3.00. The number of hydrogen-bond donors (Lipinski definition) is 0. The van der Waals surface area contributed by atoms with Crippen molar-refractivity contribution in [2.24, 2.45) is 7.05 Å². The van der Waals surface area contributed by atoms with Gasteiger partial charge in [-0.1, -0.05) is 12.1 Å². The molecule has 0 saturated carbocycles. The quantitative estimate of drug-likeness (QED) is 0.518. The summed E-state index contributed by atoms with van der Waals surface area (Å²) < 4.78 is 1.88. The van der Waals surface area contributed by atoms with Crippen LogP contribution in [0.2, 0.25) is 0 Å². The zero-order chi connectivity index (χ0) is 11.7. The molecule has 17 heavy (non-hydrogen) atoms. The Balaban J connectivity index is 0.00000144. The predicted molar refractivity (Wildman–Crippen MR) is 69.1 cm³/mol. The van der Waals surface area contributed by atoms with Gasteiger partial charge >= 0.3 is 0 Å². The van der Waals surface area contributed by atoms with Crippen molar-refractivity contribution >= 4 is 27.7 Å². The number of carbonyl (C=O) groups excluding carboxylic acids is 1. The third-order valence-corrected chi connectivity index (χ3v) is 3.30. The number of para-hydroxylation sites is 2. The molecule has 0 radical (unpaired) electrons. The standard InChI is InChI=1S/C12H15N2OS.BrH/c1-14-10-7-5-4-6-9(10)13-12(14)11(15)8-16(2)3;/h4-7H,8H2,1-3H3;1H/q+1;/p-1. The highest BCUT2D eigenvalue weighted by atomic mass is 79.9. The Morgan fingerprint density at radius 1 is 1.35 bits per heavy atom. The lowest BCUT2D eigenvalue weighted by molar-refractivity contribution is -0.0000113. The highest BCUT2D eigenvalue weighted by Gasteiger charge is 2.19. The molecule has 3 nitrogen and oxygen atoms in total. The molecule has 0 N–H and O–H groups in total. The van der Waals surface area contributed by atoms with Crippen LogP contribution in [-0.4, -0.2) is 33.6 Å². The first kappa shape index (κ1) is 14.3. The summed E-state index contributed by atoms with van der Waals surface area (Å²) in [5.41, 5.74) is 1.90. The lowest BCUT2D eigenvalue weighted by atomic mass is 10.3. The zero-order valence-corrected chi connectivity index (χ0v) is 12.5. The van der Waals surface area contributed by atoms with E-state index in [1.807, 2.05) is 35.9 Å². The summed E-state index contributed by atoms with van der Waals surface area (Å²) in [4.78, 5) is 16.4. The Morgan fingerprint density at radius 2 is 2.00 bits per heavy atom. The van der Waals surface area contributed by atoms with Crippen LogP contribution >= 0.6 is 0 Å².